The van der Waals surface area contributed by atoms with Crippen LogP contribution in [0, 0.1) is 0 Å². The lowest BCUT2D eigenvalue weighted by Crippen LogP contribution is -2.31. The average molecular weight is 299 g/mol. The molecule has 0 unspecified atom stereocenters. The Labute approximate surface area is 123 Å². The molecule has 2 heterocycles. The van der Waals surface area contributed by atoms with Gasteiger partial charge in [0, 0.05) is 37.2 Å². The van der Waals surface area contributed by atoms with E-state index in [1.54, 1.807) is 23.2 Å². The Morgan fingerprint density at radius 2 is 2.37 bits per heavy atom. The van der Waals surface area contributed by atoms with Gasteiger partial charge in [-0.25, -0.2) is 4.98 Å². The summed E-state index contributed by atoms with van der Waals surface area (Å²) < 4.78 is 0. The molecule has 106 valence electrons. The molecule has 1 aromatic heterocycles. The second-order valence-electron chi connectivity index (χ2n) is 4.82. The maximum atomic E-state index is 11.5. The molecule has 4 nitrogen and oxygen atoms in total. The van der Waals surface area contributed by atoms with Crippen LogP contribution in [0.3, 0.4) is 0 Å². The van der Waals surface area contributed by atoms with Gasteiger partial charge in [-0.1, -0.05) is 0 Å². The van der Waals surface area contributed by atoms with Crippen LogP contribution < -0.4 is 4.90 Å². The highest BCUT2D eigenvalue weighted by atomic mass is 32.2. The highest BCUT2D eigenvalue weighted by Gasteiger charge is 2.21. The van der Waals surface area contributed by atoms with E-state index in [4.69, 9.17) is 0 Å². The van der Waals surface area contributed by atoms with E-state index in [9.17, 15) is 4.79 Å². The Morgan fingerprint density at radius 3 is 2.95 bits per heavy atom. The number of amides is 1. The molecule has 19 heavy (non-hydrogen) atoms. The van der Waals surface area contributed by atoms with Crippen molar-refractivity contribution < 1.29 is 4.79 Å². The van der Waals surface area contributed by atoms with Crippen molar-refractivity contribution in [1.82, 2.24) is 9.88 Å². The van der Waals surface area contributed by atoms with Crippen molar-refractivity contribution in [3.05, 3.63) is 11.1 Å². The van der Waals surface area contributed by atoms with Gasteiger partial charge in [0.2, 0.25) is 5.91 Å². The number of rotatable bonds is 5. The van der Waals surface area contributed by atoms with Crippen LogP contribution in [0.5, 0.6) is 0 Å². The zero-order valence-corrected chi connectivity index (χ0v) is 13.4. The topological polar surface area (TPSA) is 36.4 Å². The molecule has 1 aromatic rings. The van der Waals surface area contributed by atoms with E-state index >= 15 is 0 Å². The van der Waals surface area contributed by atoms with E-state index < -0.39 is 0 Å². The summed E-state index contributed by atoms with van der Waals surface area (Å²) in [6.07, 6.45) is 1.27. The molecule has 0 radical (unpaired) electrons. The molecule has 0 N–H and O–H groups in total. The number of thiazole rings is 1. The third-order valence-corrected chi connectivity index (χ3v) is 5.46. The van der Waals surface area contributed by atoms with E-state index in [2.05, 4.69) is 22.3 Å². The van der Waals surface area contributed by atoms with Crippen molar-refractivity contribution in [1.29, 1.82) is 0 Å². The summed E-state index contributed by atoms with van der Waals surface area (Å²) in [5.41, 5.74) is 1.07. The third-order valence-electron chi connectivity index (χ3n) is 3.41. The summed E-state index contributed by atoms with van der Waals surface area (Å²) in [7, 11) is 2.16. The van der Waals surface area contributed by atoms with Crippen LogP contribution in [0.25, 0.3) is 0 Å². The summed E-state index contributed by atoms with van der Waals surface area (Å²) in [6, 6.07) is 0.672. The zero-order valence-electron chi connectivity index (χ0n) is 11.8. The number of carbonyl (C=O) groups excluding carboxylic acids is 1. The molecule has 0 aromatic carbocycles. The first kappa shape index (κ1) is 14.8. The van der Waals surface area contributed by atoms with Gasteiger partial charge in [0.05, 0.1) is 5.69 Å². The molecular weight excluding hydrogens is 278 g/mol. The number of thioether (sulfide) groups is 1. The van der Waals surface area contributed by atoms with Gasteiger partial charge in [0.25, 0.3) is 0 Å². The molecule has 0 saturated carbocycles. The van der Waals surface area contributed by atoms with E-state index in [1.807, 2.05) is 18.7 Å². The molecule has 0 spiro atoms. The summed E-state index contributed by atoms with van der Waals surface area (Å²) in [5.74, 6) is 2.55. The van der Waals surface area contributed by atoms with Crippen LogP contribution in [0.4, 0.5) is 5.13 Å². The second-order valence-corrected chi connectivity index (χ2v) is 6.80. The molecule has 2 rings (SSSR count). The lowest BCUT2D eigenvalue weighted by Gasteiger charge is -2.22. The number of hydrogen-bond acceptors (Lipinski definition) is 5. The molecule has 1 aliphatic rings. The molecule has 1 aliphatic heterocycles. The first-order valence-corrected chi connectivity index (χ1v) is 8.65. The Hall–Kier alpha value is -0.590. The molecule has 1 atom stereocenters. The molecule has 6 heteroatoms. The summed E-state index contributed by atoms with van der Waals surface area (Å²) >= 11 is 3.58. The van der Waals surface area contributed by atoms with Gasteiger partial charge < -0.3 is 0 Å². The third kappa shape index (κ3) is 3.70. The van der Waals surface area contributed by atoms with Crippen LogP contribution >= 0.6 is 23.1 Å². The highest BCUT2D eigenvalue weighted by molar-refractivity contribution is 7.99. The van der Waals surface area contributed by atoms with Gasteiger partial charge in [-0.2, -0.15) is 11.8 Å². The van der Waals surface area contributed by atoms with Crippen molar-refractivity contribution in [3.63, 3.8) is 0 Å². The normalized spacial score (nSPS) is 19.1. The van der Waals surface area contributed by atoms with Crippen molar-refractivity contribution in [3.8, 4) is 0 Å². The fourth-order valence-corrected chi connectivity index (χ4v) is 4.46. The van der Waals surface area contributed by atoms with Crippen LogP contribution in [0.15, 0.2) is 5.38 Å². The van der Waals surface area contributed by atoms with Crippen LogP contribution in [0.2, 0.25) is 0 Å². The quantitative estimate of drug-likeness (QED) is 0.837. The van der Waals surface area contributed by atoms with Crippen LogP contribution in [-0.2, 0) is 11.3 Å². The zero-order chi connectivity index (χ0) is 13.8. The molecule has 0 bridgehead atoms. The monoisotopic (exact) mass is 299 g/mol. The maximum Gasteiger partial charge on any atom is 0.225 e. The molecule has 1 saturated heterocycles. The summed E-state index contributed by atoms with van der Waals surface area (Å²) in [6.45, 7) is 5.12. The van der Waals surface area contributed by atoms with E-state index in [0.29, 0.717) is 12.6 Å². The van der Waals surface area contributed by atoms with Gasteiger partial charge in [-0.05, 0) is 26.1 Å². The van der Waals surface area contributed by atoms with E-state index in [1.165, 1.54) is 17.9 Å². The number of aromatic nitrogens is 1. The van der Waals surface area contributed by atoms with Crippen LogP contribution in [0.1, 0.15) is 26.0 Å². The lowest BCUT2D eigenvalue weighted by molar-refractivity contribution is -0.116. The Bertz CT molecular complexity index is 429. The second kappa shape index (κ2) is 6.72. The number of anilines is 1. The lowest BCUT2D eigenvalue weighted by atomic mass is 10.2. The SMILES string of the molecule is CCN(C(C)=O)c1nc(CN(C)[C@@H]2CCSC2)cs1. The molecule has 1 amide bonds. The van der Waals surface area contributed by atoms with Crippen molar-refractivity contribution >= 4 is 34.1 Å². The summed E-state index contributed by atoms with van der Waals surface area (Å²) in [4.78, 5) is 20.2. The summed E-state index contributed by atoms with van der Waals surface area (Å²) in [5, 5.41) is 2.89. The van der Waals surface area contributed by atoms with Crippen LogP contribution in [-0.4, -0.2) is 46.9 Å². The largest absolute Gasteiger partial charge is 0.297 e. The van der Waals surface area contributed by atoms with Gasteiger partial charge in [-0.15, -0.1) is 11.3 Å². The minimum Gasteiger partial charge on any atom is -0.297 e. The van der Waals surface area contributed by atoms with Crippen molar-refractivity contribution in [2.24, 2.45) is 0 Å². The first-order chi connectivity index (χ1) is 9.11. The average Bonchev–Trinajstić information content (AvgIpc) is 3.00. The van der Waals surface area contributed by atoms with Gasteiger partial charge >= 0.3 is 0 Å². The maximum absolute atomic E-state index is 11.5. The minimum atomic E-state index is 0.0592. The Balaban J connectivity index is 1.98. The van der Waals surface area contributed by atoms with Crippen molar-refractivity contribution in [2.45, 2.75) is 32.9 Å². The van der Waals surface area contributed by atoms with Gasteiger partial charge in [-0.3, -0.25) is 14.6 Å². The first-order valence-electron chi connectivity index (χ1n) is 6.62. The smallest absolute Gasteiger partial charge is 0.225 e. The van der Waals surface area contributed by atoms with E-state index in [-0.39, 0.29) is 5.91 Å². The predicted octanol–water partition coefficient (Wildman–Crippen LogP) is 2.45. The number of carbonyl (C=O) groups is 1. The highest BCUT2D eigenvalue weighted by Crippen LogP contribution is 2.25. The fraction of sp³-hybridized carbons (Fsp3) is 0.692. The van der Waals surface area contributed by atoms with E-state index in [0.717, 1.165) is 17.4 Å². The minimum absolute atomic E-state index is 0.0592. The fourth-order valence-electron chi connectivity index (χ4n) is 2.24. The van der Waals surface area contributed by atoms with Gasteiger partial charge in [0.1, 0.15) is 0 Å². The molecular formula is C13H21N3OS2. The predicted molar refractivity (Wildman–Crippen MR) is 83.0 cm³/mol. The Kier molecular flexibility index (Phi) is 5.24. The number of nitrogens with zero attached hydrogens (tertiary/aromatic N) is 3. The number of hydrogen-bond donors (Lipinski definition) is 0. The Morgan fingerprint density at radius 1 is 1.58 bits per heavy atom. The molecule has 0 aliphatic carbocycles. The van der Waals surface area contributed by atoms with Gasteiger partial charge in [0.15, 0.2) is 5.13 Å². The van der Waals surface area contributed by atoms with Crippen molar-refractivity contribution in [2.75, 3.05) is 30.0 Å². The standard InChI is InChI=1S/C13H21N3OS2/c1-4-16(10(2)17)13-14-11(8-19-13)7-15(3)12-5-6-18-9-12/h8,12H,4-7,9H2,1-3H3/t12-/m1/s1. The molecule has 1 fully saturated rings.